The molecule has 17 heavy (non-hydrogen) atoms. The molecule has 0 aliphatic heterocycles. The van der Waals surface area contributed by atoms with Crippen LogP contribution in [-0.4, -0.2) is 17.0 Å². The largest absolute Gasteiger partial charge is 0.375 e. The smallest absolute Gasteiger partial charge is 0.0656 e. The molecular formula is C15H27BrO. The van der Waals surface area contributed by atoms with Gasteiger partial charge in [-0.3, -0.25) is 0 Å². The van der Waals surface area contributed by atoms with Crippen molar-refractivity contribution >= 4 is 15.9 Å². The minimum atomic E-state index is 0.449. The van der Waals surface area contributed by atoms with Crippen LogP contribution in [0.3, 0.4) is 0 Å². The maximum Gasteiger partial charge on any atom is 0.0656 e. The van der Waals surface area contributed by atoms with Crippen LogP contribution >= 0.6 is 15.9 Å². The van der Waals surface area contributed by atoms with Crippen LogP contribution in [0.5, 0.6) is 0 Å². The molecule has 0 heterocycles. The van der Waals surface area contributed by atoms with Crippen LogP contribution in [0.15, 0.2) is 0 Å². The van der Waals surface area contributed by atoms with Crippen LogP contribution in [0.1, 0.15) is 71.6 Å². The Balaban J connectivity index is 1.93. The van der Waals surface area contributed by atoms with E-state index in [4.69, 9.17) is 4.74 Å². The number of hydrogen-bond donors (Lipinski definition) is 0. The molecule has 0 amide bonds. The lowest BCUT2D eigenvalue weighted by Crippen LogP contribution is -2.56. The highest BCUT2D eigenvalue weighted by Crippen LogP contribution is 2.56. The highest BCUT2D eigenvalue weighted by molar-refractivity contribution is 9.09. The second kappa shape index (κ2) is 6.06. The van der Waals surface area contributed by atoms with Gasteiger partial charge in [0.1, 0.15) is 0 Å². The molecular weight excluding hydrogens is 276 g/mol. The summed E-state index contributed by atoms with van der Waals surface area (Å²) in [5, 5.41) is 0. The summed E-state index contributed by atoms with van der Waals surface area (Å²) < 4.78 is 6.32. The van der Waals surface area contributed by atoms with Crippen molar-refractivity contribution in [2.24, 2.45) is 5.41 Å². The highest BCUT2D eigenvalue weighted by atomic mass is 79.9. The molecule has 100 valence electrons. The summed E-state index contributed by atoms with van der Waals surface area (Å²) in [7, 11) is 0. The lowest BCUT2D eigenvalue weighted by Gasteiger charge is -2.54. The van der Waals surface area contributed by atoms with Crippen molar-refractivity contribution < 1.29 is 4.74 Å². The summed E-state index contributed by atoms with van der Waals surface area (Å²) in [6, 6.07) is 0. The fourth-order valence-corrected chi connectivity index (χ4v) is 4.76. The van der Waals surface area contributed by atoms with Crippen molar-refractivity contribution in [1.82, 2.24) is 0 Å². The van der Waals surface area contributed by atoms with Crippen molar-refractivity contribution in [3.05, 3.63) is 0 Å². The molecule has 0 aromatic heterocycles. The lowest BCUT2D eigenvalue weighted by molar-refractivity contribution is -0.139. The molecule has 1 spiro atoms. The first-order valence-corrected chi connectivity index (χ1v) is 8.40. The topological polar surface area (TPSA) is 9.23 Å². The van der Waals surface area contributed by atoms with Gasteiger partial charge in [-0.1, -0.05) is 55.0 Å². The maximum absolute atomic E-state index is 6.32. The summed E-state index contributed by atoms with van der Waals surface area (Å²) >= 11 is 3.90. The average molecular weight is 303 g/mol. The van der Waals surface area contributed by atoms with E-state index in [1.54, 1.807) is 0 Å². The lowest BCUT2D eigenvalue weighted by atomic mass is 9.61. The third-order valence-corrected chi connectivity index (χ3v) is 6.10. The number of hydrogen-bond acceptors (Lipinski definition) is 1. The van der Waals surface area contributed by atoms with Crippen molar-refractivity contribution in [3.63, 3.8) is 0 Å². The van der Waals surface area contributed by atoms with E-state index >= 15 is 0 Å². The standard InChI is InChI=1S/C15H27BrO/c1-3-8-12(2)17-14-11-13(16)15(14)9-6-4-5-7-10-15/h12-14H,3-11H2,1-2H3. The predicted molar refractivity (Wildman–Crippen MR) is 76.7 cm³/mol. The van der Waals surface area contributed by atoms with Gasteiger partial charge in [0.2, 0.25) is 0 Å². The zero-order valence-electron chi connectivity index (χ0n) is 11.4. The van der Waals surface area contributed by atoms with Gasteiger partial charge in [-0.05, 0) is 32.6 Å². The average Bonchev–Trinajstić information content (AvgIpc) is 2.56. The summed E-state index contributed by atoms with van der Waals surface area (Å²) in [5.74, 6) is 0. The molecule has 2 rings (SSSR count). The zero-order chi connectivity index (χ0) is 12.3. The molecule has 3 atom stereocenters. The van der Waals surface area contributed by atoms with Gasteiger partial charge in [-0.25, -0.2) is 0 Å². The number of halogens is 1. The van der Waals surface area contributed by atoms with Crippen LogP contribution < -0.4 is 0 Å². The van der Waals surface area contributed by atoms with Crippen LogP contribution in [0, 0.1) is 5.41 Å². The summed E-state index contributed by atoms with van der Waals surface area (Å²) in [6.07, 6.45) is 13.1. The van der Waals surface area contributed by atoms with Gasteiger partial charge in [-0.2, -0.15) is 0 Å². The fourth-order valence-electron chi connectivity index (χ4n) is 3.67. The summed E-state index contributed by atoms with van der Waals surface area (Å²) in [5.41, 5.74) is 0.485. The van der Waals surface area contributed by atoms with Crippen LogP contribution in [0.4, 0.5) is 0 Å². The van der Waals surface area contributed by atoms with Crippen molar-refractivity contribution in [2.75, 3.05) is 0 Å². The minimum Gasteiger partial charge on any atom is -0.375 e. The molecule has 2 heteroatoms. The van der Waals surface area contributed by atoms with Crippen LogP contribution in [-0.2, 0) is 4.74 Å². The van der Waals surface area contributed by atoms with E-state index in [-0.39, 0.29) is 0 Å². The van der Waals surface area contributed by atoms with E-state index in [1.807, 2.05) is 0 Å². The first kappa shape index (κ1) is 13.9. The van der Waals surface area contributed by atoms with Gasteiger partial charge < -0.3 is 4.74 Å². The Bertz CT molecular complexity index is 233. The van der Waals surface area contributed by atoms with E-state index in [0.29, 0.717) is 22.5 Å². The Kier molecular flexibility index (Phi) is 4.94. The van der Waals surface area contributed by atoms with Gasteiger partial charge in [0.05, 0.1) is 12.2 Å². The zero-order valence-corrected chi connectivity index (χ0v) is 13.0. The molecule has 2 aliphatic carbocycles. The SMILES string of the molecule is CCCC(C)OC1CC(Br)C12CCCCCC2. The molecule has 2 saturated carbocycles. The first-order chi connectivity index (χ1) is 8.19. The minimum absolute atomic E-state index is 0.449. The molecule has 0 saturated heterocycles. The number of rotatable bonds is 4. The second-order valence-electron chi connectivity index (χ2n) is 6.07. The molecule has 0 N–H and O–H groups in total. The molecule has 1 nitrogen and oxygen atoms in total. The number of ether oxygens (including phenoxy) is 1. The fraction of sp³-hybridized carbons (Fsp3) is 1.00. The van der Waals surface area contributed by atoms with Crippen molar-refractivity contribution in [2.45, 2.75) is 88.7 Å². The summed E-state index contributed by atoms with van der Waals surface area (Å²) in [6.45, 7) is 4.49. The van der Waals surface area contributed by atoms with Gasteiger partial charge in [0, 0.05) is 10.2 Å². The molecule has 2 fully saturated rings. The van der Waals surface area contributed by atoms with Crippen LogP contribution in [0.2, 0.25) is 0 Å². The van der Waals surface area contributed by atoms with Gasteiger partial charge >= 0.3 is 0 Å². The quantitative estimate of drug-likeness (QED) is 0.659. The Morgan fingerprint density at radius 3 is 2.41 bits per heavy atom. The first-order valence-electron chi connectivity index (χ1n) is 7.48. The molecule has 0 radical (unpaired) electrons. The van der Waals surface area contributed by atoms with E-state index in [2.05, 4.69) is 29.8 Å². The Labute approximate surface area is 115 Å². The van der Waals surface area contributed by atoms with Crippen molar-refractivity contribution in [1.29, 1.82) is 0 Å². The predicted octanol–water partition coefficient (Wildman–Crippen LogP) is 5.07. The van der Waals surface area contributed by atoms with Gasteiger partial charge in [-0.15, -0.1) is 0 Å². The highest BCUT2D eigenvalue weighted by Gasteiger charge is 2.54. The third kappa shape index (κ3) is 2.89. The Hall–Kier alpha value is 0.440. The molecule has 3 unspecified atom stereocenters. The van der Waals surface area contributed by atoms with E-state index < -0.39 is 0 Å². The third-order valence-electron chi connectivity index (χ3n) is 4.81. The molecule has 2 aliphatic rings. The van der Waals surface area contributed by atoms with Gasteiger partial charge in [0.15, 0.2) is 0 Å². The number of alkyl halides is 1. The molecule has 0 aromatic rings. The van der Waals surface area contributed by atoms with E-state index in [1.165, 1.54) is 57.8 Å². The van der Waals surface area contributed by atoms with E-state index in [0.717, 1.165) is 0 Å². The van der Waals surface area contributed by atoms with Crippen LogP contribution in [0.25, 0.3) is 0 Å². The molecule has 0 bridgehead atoms. The monoisotopic (exact) mass is 302 g/mol. The summed E-state index contributed by atoms with van der Waals surface area (Å²) in [4.78, 5) is 0.715. The Morgan fingerprint density at radius 2 is 1.88 bits per heavy atom. The second-order valence-corrected chi connectivity index (χ2v) is 7.18. The van der Waals surface area contributed by atoms with E-state index in [9.17, 15) is 0 Å². The maximum atomic E-state index is 6.32. The normalized spacial score (nSPS) is 34.1. The van der Waals surface area contributed by atoms with Crippen molar-refractivity contribution in [3.8, 4) is 0 Å². The van der Waals surface area contributed by atoms with Gasteiger partial charge in [0.25, 0.3) is 0 Å². The Morgan fingerprint density at radius 1 is 1.24 bits per heavy atom. The molecule has 0 aromatic carbocycles.